The summed E-state index contributed by atoms with van der Waals surface area (Å²) in [6.45, 7) is 7.98. The van der Waals surface area contributed by atoms with Crippen molar-refractivity contribution >= 4 is 17.5 Å². The van der Waals surface area contributed by atoms with Gasteiger partial charge in [0, 0.05) is 18.1 Å². The largest absolute Gasteiger partial charge is 0.492 e. The lowest BCUT2D eigenvalue weighted by atomic mass is 9.92. The van der Waals surface area contributed by atoms with Crippen molar-refractivity contribution in [2.45, 2.75) is 20.3 Å². The molecule has 1 saturated heterocycles. The fourth-order valence-electron chi connectivity index (χ4n) is 3.07. The summed E-state index contributed by atoms with van der Waals surface area (Å²) in [5.41, 5.74) is 0. The molecule has 0 spiro atoms. The minimum Gasteiger partial charge on any atom is -0.492 e. The van der Waals surface area contributed by atoms with Crippen LogP contribution in [0.2, 0.25) is 5.02 Å². The summed E-state index contributed by atoms with van der Waals surface area (Å²) in [6.07, 6.45) is 1.26. The van der Waals surface area contributed by atoms with Gasteiger partial charge < -0.3 is 10.1 Å². The highest BCUT2D eigenvalue weighted by molar-refractivity contribution is 6.30. The molecule has 1 heterocycles. The second-order valence-corrected chi connectivity index (χ2v) is 6.73. The first-order valence-corrected chi connectivity index (χ1v) is 8.28. The number of hydrogen-bond acceptors (Lipinski definition) is 3. The molecule has 2 atom stereocenters. The zero-order chi connectivity index (χ0) is 15.9. The number of benzene rings is 1. The zero-order valence-electron chi connectivity index (χ0n) is 13.3. The van der Waals surface area contributed by atoms with E-state index in [1.807, 2.05) is 12.1 Å². The number of carbonyl (C=O) groups is 1. The maximum Gasteiger partial charge on any atom is 0.234 e. The van der Waals surface area contributed by atoms with E-state index in [1.54, 1.807) is 12.1 Å². The number of likely N-dealkylation sites (tertiary alicyclic amines) is 1. The number of nitrogens with zero attached hydrogens (tertiary/aromatic N) is 1. The molecule has 0 radical (unpaired) electrons. The zero-order valence-corrected chi connectivity index (χ0v) is 14.1. The fourth-order valence-corrected chi connectivity index (χ4v) is 3.20. The van der Waals surface area contributed by atoms with Crippen molar-refractivity contribution in [1.82, 2.24) is 10.2 Å². The minimum atomic E-state index is 0.0704. The van der Waals surface area contributed by atoms with Gasteiger partial charge in [-0.25, -0.2) is 0 Å². The van der Waals surface area contributed by atoms with E-state index < -0.39 is 0 Å². The van der Waals surface area contributed by atoms with Gasteiger partial charge in [0.2, 0.25) is 5.91 Å². The van der Waals surface area contributed by atoms with E-state index in [0.717, 1.165) is 18.8 Å². The Morgan fingerprint density at radius 3 is 2.55 bits per heavy atom. The Labute approximate surface area is 137 Å². The first-order valence-electron chi connectivity index (χ1n) is 7.90. The smallest absolute Gasteiger partial charge is 0.234 e. The van der Waals surface area contributed by atoms with Gasteiger partial charge in [-0.2, -0.15) is 0 Å². The Morgan fingerprint density at radius 2 is 1.91 bits per heavy atom. The minimum absolute atomic E-state index is 0.0704. The molecule has 2 rings (SSSR count). The number of carbonyl (C=O) groups excluding carboxylic acids is 1. The van der Waals surface area contributed by atoms with E-state index in [1.165, 1.54) is 6.42 Å². The normalized spacial score (nSPS) is 22.3. The van der Waals surface area contributed by atoms with Crippen LogP contribution in [0.15, 0.2) is 24.3 Å². The number of nitrogens with one attached hydrogen (secondary N) is 1. The predicted octanol–water partition coefficient (Wildman–Crippen LogP) is 2.81. The third-order valence-corrected chi connectivity index (χ3v) is 4.07. The molecule has 0 saturated carbocycles. The lowest BCUT2D eigenvalue weighted by molar-refractivity contribution is -0.122. The van der Waals surface area contributed by atoms with E-state index in [9.17, 15) is 4.79 Å². The lowest BCUT2D eigenvalue weighted by Crippen LogP contribution is -2.45. The predicted molar refractivity (Wildman–Crippen MR) is 89.3 cm³/mol. The maximum atomic E-state index is 12.0. The highest BCUT2D eigenvalue weighted by atomic mass is 35.5. The molecular weight excluding hydrogens is 300 g/mol. The molecule has 0 aromatic heterocycles. The topological polar surface area (TPSA) is 41.6 Å². The monoisotopic (exact) mass is 324 g/mol. The van der Waals surface area contributed by atoms with Crippen LogP contribution in [0.1, 0.15) is 20.3 Å². The van der Waals surface area contributed by atoms with Crippen LogP contribution < -0.4 is 10.1 Å². The molecule has 1 fully saturated rings. The summed E-state index contributed by atoms with van der Waals surface area (Å²) in [5.74, 6) is 2.17. The van der Waals surface area contributed by atoms with Crippen molar-refractivity contribution in [3.05, 3.63) is 29.3 Å². The second kappa shape index (κ2) is 8.39. The molecule has 0 bridgehead atoms. The third kappa shape index (κ3) is 5.85. The Kier molecular flexibility index (Phi) is 6.52. The van der Waals surface area contributed by atoms with Crippen molar-refractivity contribution in [1.29, 1.82) is 0 Å². The first-order chi connectivity index (χ1) is 10.5. The van der Waals surface area contributed by atoms with Crippen molar-refractivity contribution in [2.75, 3.05) is 32.8 Å². The van der Waals surface area contributed by atoms with Crippen molar-refractivity contribution in [3.8, 4) is 5.75 Å². The van der Waals surface area contributed by atoms with Gasteiger partial charge in [0.1, 0.15) is 12.4 Å². The molecule has 1 amide bonds. The van der Waals surface area contributed by atoms with Gasteiger partial charge in [0.25, 0.3) is 0 Å². The molecule has 1 aromatic carbocycles. The molecular formula is C17H25ClN2O2. The van der Waals surface area contributed by atoms with Crippen molar-refractivity contribution < 1.29 is 9.53 Å². The Morgan fingerprint density at radius 1 is 1.27 bits per heavy atom. The first kappa shape index (κ1) is 17.1. The van der Waals surface area contributed by atoms with Gasteiger partial charge >= 0.3 is 0 Å². The van der Waals surface area contributed by atoms with Crippen LogP contribution in [0.4, 0.5) is 0 Å². The molecule has 1 aliphatic rings. The van der Waals surface area contributed by atoms with E-state index >= 15 is 0 Å². The van der Waals surface area contributed by atoms with Crippen LogP contribution >= 0.6 is 11.6 Å². The number of rotatable bonds is 6. The van der Waals surface area contributed by atoms with Gasteiger partial charge in [-0.3, -0.25) is 9.69 Å². The van der Waals surface area contributed by atoms with Crippen LogP contribution in [-0.2, 0) is 4.79 Å². The lowest BCUT2D eigenvalue weighted by Gasteiger charge is -2.34. The second-order valence-electron chi connectivity index (χ2n) is 6.29. The van der Waals surface area contributed by atoms with E-state index in [2.05, 4.69) is 24.1 Å². The fraction of sp³-hybridized carbons (Fsp3) is 0.588. The third-order valence-electron chi connectivity index (χ3n) is 3.82. The van der Waals surface area contributed by atoms with Gasteiger partial charge in [-0.1, -0.05) is 25.4 Å². The van der Waals surface area contributed by atoms with Crippen LogP contribution in [0.5, 0.6) is 5.75 Å². The highest BCUT2D eigenvalue weighted by Gasteiger charge is 2.22. The van der Waals surface area contributed by atoms with Gasteiger partial charge in [0.05, 0.1) is 13.1 Å². The number of hydrogen-bond donors (Lipinski definition) is 1. The average molecular weight is 325 g/mol. The summed E-state index contributed by atoms with van der Waals surface area (Å²) >= 11 is 5.81. The number of amides is 1. The van der Waals surface area contributed by atoms with Crippen LogP contribution in [0.25, 0.3) is 0 Å². The maximum absolute atomic E-state index is 12.0. The van der Waals surface area contributed by atoms with Gasteiger partial charge in [0.15, 0.2) is 0 Å². The molecule has 5 heteroatoms. The van der Waals surface area contributed by atoms with E-state index in [-0.39, 0.29) is 5.91 Å². The number of piperidine rings is 1. The quantitative estimate of drug-likeness (QED) is 0.818. The molecule has 2 unspecified atom stereocenters. The highest BCUT2D eigenvalue weighted by Crippen LogP contribution is 2.20. The molecule has 1 N–H and O–H groups in total. The Bertz CT molecular complexity index is 468. The standard InChI is InChI=1S/C17H25ClN2O2/c1-13-9-14(2)11-20(10-13)12-17(21)19-7-8-22-16-5-3-15(18)4-6-16/h3-6,13-14H,7-12H2,1-2H3,(H,19,21). The van der Waals surface area contributed by atoms with Crippen LogP contribution in [-0.4, -0.2) is 43.6 Å². The summed E-state index contributed by atoms with van der Waals surface area (Å²) in [4.78, 5) is 14.2. The van der Waals surface area contributed by atoms with Gasteiger partial charge in [-0.05, 0) is 42.5 Å². The Balaban J connectivity index is 1.62. The van der Waals surface area contributed by atoms with Crippen LogP contribution in [0, 0.1) is 11.8 Å². The molecule has 122 valence electrons. The average Bonchev–Trinajstić information content (AvgIpc) is 2.44. The van der Waals surface area contributed by atoms with Gasteiger partial charge in [-0.15, -0.1) is 0 Å². The summed E-state index contributed by atoms with van der Waals surface area (Å²) in [7, 11) is 0. The molecule has 1 aliphatic heterocycles. The molecule has 0 aliphatic carbocycles. The SMILES string of the molecule is CC1CC(C)CN(CC(=O)NCCOc2ccc(Cl)cc2)C1. The van der Waals surface area contributed by atoms with Crippen molar-refractivity contribution in [2.24, 2.45) is 11.8 Å². The summed E-state index contributed by atoms with van der Waals surface area (Å²) < 4.78 is 5.55. The number of halogens is 1. The Hall–Kier alpha value is -1.26. The molecule has 1 aromatic rings. The summed E-state index contributed by atoms with van der Waals surface area (Å²) in [6, 6.07) is 7.21. The molecule has 4 nitrogen and oxygen atoms in total. The van der Waals surface area contributed by atoms with Crippen LogP contribution in [0.3, 0.4) is 0 Å². The molecule has 22 heavy (non-hydrogen) atoms. The van der Waals surface area contributed by atoms with E-state index in [4.69, 9.17) is 16.3 Å². The summed E-state index contributed by atoms with van der Waals surface area (Å²) in [5, 5.41) is 3.60. The van der Waals surface area contributed by atoms with E-state index in [0.29, 0.717) is 36.6 Å². The van der Waals surface area contributed by atoms with Crippen molar-refractivity contribution in [3.63, 3.8) is 0 Å². The number of ether oxygens (including phenoxy) is 1.